The second-order valence-electron chi connectivity index (χ2n) is 4.89. The molecule has 0 fully saturated rings. The van der Waals surface area contributed by atoms with Crippen molar-refractivity contribution in [3.8, 4) is 0 Å². The van der Waals surface area contributed by atoms with Crippen molar-refractivity contribution >= 4 is 38.6 Å². The summed E-state index contributed by atoms with van der Waals surface area (Å²) in [7, 11) is 0. The van der Waals surface area contributed by atoms with Crippen molar-refractivity contribution in [2.45, 2.75) is 13.0 Å². The molecule has 2 N–H and O–H groups in total. The Morgan fingerprint density at radius 1 is 1.18 bits per heavy atom. The molecule has 0 radical (unpaired) electrons. The minimum atomic E-state index is -0.867. The number of rotatable bonds is 4. The number of ether oxygens (including phenoxy) is 1. The number of carbonyl (C=O) groups excluding carboxylic acids is 2. The van der Waals surface area contributed by atoms with Gasteiger partial charge in [-0.05, 0) is 35.0 Å². The lowest BCUT2D eigenvalue weighted by molar-refractivity contribution is 0.0314. The Labute approximate surface area is 134 Å². The maximum Gasteiger partial charge on any atom is 0.355 e. The van der Waals surface area contributed by atoms with Crippen molar-refractivity contribution in [3.05, 3.63) is 58.5 Å². The van der Waals surface area contributed by atoms with Crippen LogP contribution in [0.5, 0.6) is 0 Å². The summed E-state index contributed by atoms with van der Waals surface area (Å²) in [6, 6.07) is 9.10. The Bertz CT molecular complexity index is 850. The Hall–Kier alpha value is -2.34. The van der Waals surface area contributed by atoms with E-state index in [1.165, 1.54) is 0 Å². The maximum atomic E-state index is 12.5. The molecule has 0 saturated heterocycles. The molecule has 0 aliphatic heterocycles. The largest absolute Gasteiger partial charge is 0.450 e. The highest BCUT2D eigenvalue weighted by Gasteiger charge is 2.23. The normalized spacial score (nSPS) is 12.3. The number of H-pyrrole nitrogens is 2. The zero-order valence-corrected chi connectivity index (χ0v) is 13.3. The predicted octanol–water partition coefficient (Wildman–Crippen LogP) is 3.69. The number of aromatic nitrogens is 2. The number of benzene rings is 1. The fraction of sp³-hybridized carbons (Fsp3) is 0.125. The number of hydrogen-bond acceptors (Lipinski definition) is 3. The summed E-state index contributed by atoms with van der Waals surface area (Å²) < 4.78 is 5.98. The summed E-state index contributed by atoms with van der Waals surface area (Å²) in [5.74, 6) is -0.803. The van der Waals surface area contributed by atoms with Gasteiger partial charge in [-0.25, -0.2) is 4.79 Å². The SMILES string of the molecule is C[C@@H](OC(=O)c1cc(Br)c[nH]1)C(=O)c1c[nH]c2ccccc12. The minimum absolute atomic E-state index is 0.239. The molecule has 112 valence electrons. The first-order valence-corrected chi connectivity index (χ1v) is 7.51. The quantitative estimate of drug-likeness (QED) is 0.550. The molecule has 1 aromatic carbocycles. The molecule has 0 spiro atoms. The third-order valence-electron chi connectivity index (χ3n) is 3.38. The number of esters is 1. The van der Waals surface area contributed by atoms with E-state index in [1.54, 1.807) is 25.4 Å². The van der Waals surface area contributed by atoms with Crippen LogP contribution >= 0.6 is 15.9 Å². The first kappa shape index (κ1) is 14.6. The molecule has 5 nitrogen and oxygen atoms in total. The Morgan fingerprint density at radius 3 is 2.68 bits per heavy atom. The van der Waals surface area contributed by atoms with E-state index >= 15 is 0 Å². The van der Waals surface area contributed by atoms with Gasteiger partial charge in [-0.3, -0.25) is 4.79 Å². The molecule has 3 rings (SSSR count). The molecule has 0 aliphatic carbocycles. The van der Waals surface area contributed by atoms with E-state index in [-0.39, 0.29) is 5.78 Å². The third kappa shape index (κ3) is 2.69. The van der Waals surface area contributed by atoms with Crippen molar-refractivity contribution in [2.24, 2.45) is 0 Å². The second kappa shape index (κ2) is 5.81. The van der Waals surface area contributed by atoms with Gasteiger partial charge >= 0.3 is 5.97 Å². The van der Waals surface area contributed by atoms with E-state index in [0.29, 0.717) is 11.3 Å². The summed E-state index contributed by atoms with van der Waals surface area (Å²) in [5.41, 5.74) is 1.69. The number of nitrogens with one attached hydrogen (secondary N) is 2. The van der Waals surface area contributed by atoms with Gasteiger partial charge in [0.25, 0.3) is 0 Å². The summed E-state index contributed by atoms with van der Waals surface area (Å²) in [4.78, 5) is 30.3. The predicted molar refractivity (Wildman–Crippen MR) is 86.0 cm³/mol. The molecule has 0 saturated carbocycles. The fourth-order valence-corrected chi connectivity index (χ4v) is 2.60. The van der Waals surface area contributed by atoms with Gasteiger partial charge in [0.15, 0.2) is 6.10 Å². The van der Waals surface area contributed by atoms with Gasteiger partial charge in [-0.2, -0.15) is 0 Å². The van der Waals surface area contributed by atoms with Gasteiger partial charge in [0.05, 0.1) is 0 Å². The number of Topliss-reactive ketones (excluding diaryl/α,β-unsaturated/α-hetero) is 1. The van der Waals surface area contributed by atoms with Crippen LogP contribution in [0.25, 0.3) is 10.9 Å². The Balaban J connectivity index is 1.78. The topological polar surface area (TPSA) is 75.0 Å². The molecule has 2 aromatic heterocycles. The highest BCUT2D eigenvalue weighted by molar-refractivity contribution is 9.10. The lowest BCUT2D eigenvalue weighted by Gasteiger charge is -2.11. The van der Waals surface area contributed by atoms with Crippen molar-refractivity contribution < 1.29 is 14.3 Å². The van der Waals surface area contributed by atoms with Crippen LogP contribution < -0.4 is 0 Å². The van der Waals surface area contributed by atoms with Gasteiger partial charge in [0, 0.05) is 33.3 Å². The summed E-state index contributed by atoms with van der Waals surface area (Å²) in [6.45, 7) is 1.57. The van der Waals surface area contributed by atoms with Gasteiger partial charge in [0.1, 0.15) is 5.69 Å². The van der Waals surface area contributed by atoms with Crippen LogP contribution in [0.4, 0.5) is 0 Å². The molecule has 3 aromatic rings. The number of hydrogen-bond donors (Lipinski definition) is 2. The van der Waals surface area contributed by atoms with Crippen LogP contribution in [0.2, 0.25) is 0 Å². The van der Waals surface area contributed by atoms with E-state index in [9.17, 15) is 9.59 Å². The molecule has 6 heteroatoms. The van der Waals surface area contributed by atoms with E-state index in [1.807, 2.05) is 24.3 Å². The zero-order chi connectivity index (χ0) is 15.7. The van der Waals surface area contributed by atoms with Crippen LogP contribution in [0.3, 0.4) is 0 Å². The van der Waals surface area contributed by atoms with Crippen LogP contribution in [0.15, 0.2) is 47.2 Å². The van der Waals surface area contributed by atoms with Crippen LogP contribution in [0, 0.1) is 0 Å². The Morgan fingerprint density at radius 2 is 1.95 bits per heavy atom. The standard InChI is InChI=1S/C16H13BrN2O3/c1-9(22-16(21)14-6-10(17)7-18-14)15(20)12-8-19-13-5-3-2-4-11(12)13/h2-9,18-19H,1H3/t9-/m1/s1. The molecule has 2 heterocycles. The van der Waals surface area contributed by atoms with Gasteiger partial charge in [-0.15, -0.1) is 0 Å². The van der Waals surface area contributed by atoms with E-state index in [0.717, 1.165) is 15.4 Å². The molecule has 0 amide bonds. The molecule has 0 unspecified atom stereocenters. The van der Waals surface area contributed by atoms with Crippen molar-refractivity contribution in [1.82, 2.24) is 9.97 Å². The average molecular weight is 361 g/mol. The third-order valence-corrected chi connectivity index (χ3v) is 3.83. The second-order valence-corrected chi connectivity index (χ2v) is 5.81. The number of para-hydroxylation sites is 1. The summed E-state index contributed by atoms with van der Waals surface area (Å²) in [5, 5.41) is 0.818. The van der Waals surface area contributed by atoms with Crippen molar-refractivity contribution in [2.75, 3.05) is 0 Å². The van der Waals surface area contributed by atoms with E-state index < -0.39 is 12.1 Å². The number of carbonyl (C=O) groups is 2. The summed E-state index contributed by atoms with van der Waals surface area (Å²) >= 11 is 3.24. The molecular formula is C16H13BrN2O3. The molecule has 22 heavy (non-hydrogen) atoms. The maximum absolute atomic E-state index is 12.5. The smallest absolute Gasteiger partial charge is 0.355 e. The first-order valence-electron chi connectivity index (χ1n) is 6.71. The molecule has 0 aliphatic rings. The number of fused-ring (bicyclic) bond motifs is 1. The van der Waals surface area contributed by atoms with Crippen molar-refractivity contribution in [3.63, 3.8) is 0 Å². The molecule has 0 bridgehead atoms. The number of halogens is 1. The van der Waals surface area contributed by atoms with E-state index in [2.05, 4.69) is 25.9 Å². The van der Waals surface area contributed by atoms with Gasteiger partial charge in [0.2, 0.25) is 5.78 Å². The van der Waals surface area contributed by atoms with E-state index in [4.69, 9.17) is 4.74 Å². The van der Waals surface area contributed by atoms with Crippen LogP contribution in [-0.4, -0.2) is 27.8 Å². The monoisotopic (exact) mass is 360 g/mol. The number of aromatic amines is 2. The highest BCUT2D eigenvalue weighted by Crippen LogP contribution is 2.20. The van der Waals surface area contributed by atoms with Gasteiger partial charge < -0.3 is 14.7 Å². The lowest BCUT2D eigenvalue weighted by Crippen LogP contribution is -2.24. The zero-order valence-electron chi connectivity index (χ0n) is 11.7. The molecular weight excluding hydrogens is 348 g/mol. The highest BCUT2D eigenvalue weighted by atomic mass is 79.9. The first-order chi connectivity index (χ1) is 10.6. The fourth-order valence-electron chi connectivity index (χ4n) is 2.26. The minimum Gasteiger partial charge on any atom is -0.450 e. The number of ketones is 1. The Kier molecular flexibility index (Phi) is 3.85. The van der Waals surface area contributed by atoms with Crippen LogP contribution in [-0.2, 0) is 4.74 Å². The van der Waals surface area contributed by atoms with Crippen LogP contribution in [0.1, 0.15) is 27.8 Å². The average Bonchev–Trinajstić information content (AvgIpc) is 3.12. The summed E-state index contributed by atoms with van der Waals surface area (Å²) in [6.07, 6.45) is 2.40. The molecule has 1 atom stereocenters. The lowest BCUT2D eigenvalue weighted by atomic mass is 10.1. The van der Waals surface area contributed by atoms with Crippen molar-refractivity contribution in [1.29, 1.82) is 0 Å². The van der Waals surface area contributed by atoms with Gasteiger partial charge in [-0.1, -0.05) is 18.2 Å².